The van der Waals surface area contributed by atoms with Crippen molar-refractivity contribution in [1.82, 2.24) is 0 Å². The van der Waals surface area contributed by atoms with Crippen LogP contribution in [-0.2, 0) is 14.8 Å². The molecule has 1 fully saturated rings. The fourth-order valence-electron chi connectivity index (χ4n) is 4.58. The zero-order chi connectivity index (χ0) is 28.0. The van der Waals surface area contributed by atoms with E-state index < -0.39 is 26.1 Å². The molecule has 206 valence electrons. The lowest BCUT2D eigenvalue weighted by Gasteiger charge is -2.28. The molecular weight excluding hydrogens is 546 g/mol. The van der Waals surface area contributed by atoms with E-state index in [2.05, 4.69) is 4.72 Å². The minimum atomic E-state index is -4.28. The van der Waals surface area contributed by atoms with Gasteiger partial charge in [0.1, 0.15) is 11.3 Å². The van der Waals surface area contributed by atoms with Crippen molar-refractivity contribution >= 4 is 38.1 Å². The second-order valence-electron chi connectivity index (χ2n) is 9.00. The highest BCUT2D eigenvalue weighted by Gasteiger charge is 2.26. The number of ether oxygens (including phenoxy) is 3. The summed E-state index contributed by atoms with van der Waals surface area (Å²) in [6.45, 7) is 1.74. The zero-order valence-electron chi connectivity index (χ0n) is 20.7. The maximum absolute atomic E-state index is 13.1. The maximum Gasteiger partial charge on any atom is 0.293 e. The summed E-state index contributed by atoms with van der Waals surface area (Å²) in [5, 5.41) is 22.3. The van der Waals surface area contributed by atoms with Crippen LogP contribution in [0.1, 0.15) is 0 Å². The third-order valence-electron chi connectivity index (χ3n) is 6.56. The smallest absolute Gasteiger partial charge is 0.293 e. The monoisotopic (exact) mass is 567 g/mol. The Bertz CT molecular complexity index is 1830. The maximum atomic E-state index is 13.1. The van der Waals surface area contributed by atoms with E-state index in [0.717, 1.165) is 6.07 Å². The van der Waals surface area contributed by atoms with Gasteiger partial charge in [-0.1, -0.05) is 0 Å². The third-order valence-corrected chi connectivity index (χ3v) is 7.94. The number of nitrogens with one attached hydrogen (secondary N) is 1. The van der Waals surface area contributed by atoms with E-state index in [1.54, 1.807) is 23.1 Å². The molecule has 4 aromatic rings. The van der Waals surface area contributed by atoms with E-state index in [9.17, 15) is 28.4 Å². The Morgan fingerprint density at radius 3 is 2.52 bits per heavy atom. The van der Waals surface area contributed by atoms with Gasteiger partial charge in [-0.05, 0) is 48.5 Å². The standard InChI is InChI=1S/C26H21N3O10S/c30-24-18-12-16(2-6-21(18)39-26(25(24)31)15-1-5-22-23(11-15)38-14-37-22)27-40(34,35)17-3-4-19(20(13-17)29(32)33)28-7-9-36-10-8-28/h1-6,11-13,27,31H,7-10,14H2. The largest absolute Gasteiger partial charge is 0.502 e. The molecule has 2 aliphatic heterocycles. The summed E-state index contributed by atoms with van der Waals surface area (Å²) in [7, 11) is -4.28. The van der Waals surface area contributed by atoms with Crippen LogP contribution in [0.2, 0.25) is 0 Å². The molecule has 0 aliphatic carbocycles. The molecule has 0 amide bonds. The summed E-state index contributed by atoms with van der Waals surface area (Å²) in [6.07, 6.45) is 0. The van der Waals surface area contributed by atoms with E-state index >= 15 is 0 Å². The molecule has 0 spiro atoms. The van der Waals surface area contributed by atoms with Crippen LogP contribution in [0.25, 0.3) is 22.3 Å². The highest BCUT2D eigenvalue weighted by molar-refractivity contribution is 7.92. The molecule has 1 saturated heterocycles. The average molecular weight is 568 g/mol. The molecule has 3 aromatic carbocycles. The number of anilines is 2. The van der Waals surface area contributed by atoms with E-state index in [0.29, 0.717) is 49.1 Å². The molecule has 0 bridgehead atoms. The lowest BCUT2D eigenvalue weighted by atomic mass is 10.1. The first-order valence-corrected chi connectivity index (χ1v) is 13.5. The number of fused-ring (bicyclic) bond motifs is 2. The van der Waals surface area contributed by atoms with Gasteiger partial charge in [-0.2, -0.15) is 0 Å². The van der Waals surface area contributed by atoms with Crippen molar-refractivity contribution in [3.05, 3.63) is 74.9 Å². The number of hydrogen-bond donors (Lipinski definition) is 2. The molecule has 13 nitrogen and oxygen atoms in total. The third kappa shape index (κ3) is 4.52. The van der Waals surface area contributed by atoms with Gasteiger partial charge in [0.05, 0.1) is 28.4 Å². The van der Waals surface area contributed by atoms with Crippen LogP contribution in [0, 0.1) is 10.1 Å². The van der Waals surface area contributed by atoms with Gasteiger partial charge in [0.15, 0.2) is 17.3 Å². The van der Waals surface area contributed by atoms with Crippen LogP contribution < -0.4 is 24.5 Å². The van der Waals surface area contributed by atoms with E-state index in [-0.39, 0.29) is 39.8 Å². The number of nitro benzene ring substituents is 1. The van der Waals surface area contributed by atoms with Gasteiger partial charge < -0.3 is 28.6 Å². The van der Waals surface area contributed by atoms with Crippen molar-refractivity contribution in [3.63, 3.8) is 0 Å². The van der Waals surface area contributed by atoms with Gasteiger partial charge in [-0.15, -0.1) is 0 Å². The van der Waals surface area contributed by atoms with Crippen molar-refractivity contribution in [2.75, 3.05) is 42.7 Å². The first-order valence-electron chi connectivity index (χ1n) is 12.0. The van der Waals surface area contributed by atoms with Gasteiger partial charge in [0.2, 0.25) is 18.0 Å². The molecule has 0 radical (unpaired) electrons. The highest BCUT2D eigenvalue weighted by atomic mass is 32.2. The number of aromatic hydroxyl groups is 1. The first-order chi connectivity index (χ1) is 19.2. The molecular formula is C26H21N3O10S. The summed E-state index contributed by atoms with van der Waals surface area (Å²) in [5.41, 5.74) is -0.360. The minimum absolute atomic E-state index is 0.00469. The number of nitrogens with zero attached hydrogens (tertiary/aromatic N) is 2. The molecule has 0 saturated carbocycles. The molecule has 14 heteroatoms. The average Bonchev–Trinajstić information content (AvgIpc) is 3.43. The summed E-state index contributed by atoms with van der Waals surface area (Å²) < 4.78 is 50.3. The highest BCUT2D eigenvalue weighted by Crippen LogP contribution is 2.39. The van der Waals surface area contributed by atoms with Crippen LogP contribution in [0.3, 0.4) is 0 Å². The van der Waals surface area contributed by atoms with Gasteiger partial charge in [0.25, 0.3) is 15.7 Å². The second kappa shape index (κ2) is 9.73. The van der Waals surface area contributed by atoms with Gasteiger partial charge in [0, 0.05) is 30.4 Å². The van der Waals surface area contributed by atoms with Crippen molar-refractivity contribution < 1.29 is 37.1 Å². The Morgan fingerprint density at radius 1 is 0.975 bits per heavy atom. The first kappa shape index (κ1) is 25.5. The molecule has 0 unspecified atom stereocenters. The molecule has 6 rings (SSSR count). The van der Waals surface area contributed by atoms with Crippen LogP contribution in [-0.4, -0.2) is 51.5 Å². The van der Waals surface area contributed by atoms with E-state index in [1.165, 1.54) is 30.3 Å². The fourth-order valence-corrected chi connectivity index (χ4v) is 5.65. The Morgan fingerprint density at radius 2 is 1.75 bits per heavy atom. The number of morpholine rings is 1. The van der Waals surface area contributed by atoms with E-state index in [4.69, 9.17) is 18.6 Å². The summed E-state index contributed by atoms with van der Waals surface area (Å²) in [6, 6.07) is 12.4. The Kier molecular flexibility index (Phi) is 6.19. The van der Waals surface area contributed by atoms with E-state index in [1.807, 2.05) is 0 Å². The normalized spacial score (nSPS) is 14.8. The Hall–Kier alpha value is -4.82. The Balaban J connectivity index is 1.32. The second-order valence-corrected chi connectivity index (χ2v) is 10.7. The fraction of sp³-hybridized carbons (Fsp3) is 0.192. The summed E-state index contributed by atoms with van der Waals surface area (Å²) in [5.74, 6) is 0.199. The lowest BCUT2D eigenvalue weighted by molar-refractivity contribution is -0.384. The SMILES string of the molecule is O=c1c(O)c(-c2ccc3c(c2)OCO3)oc2ccc(NS(=O)(=O)c3ccc(N4CCOCC4)c([N+](=O)[O-])c3)cc12. The number of nitro groups is 1. The minimum Gasteiger partial charge on any atom is -0.502 e. The van der Waals surface area contributed by atoms with Gasteiger partial charge in [-0.25, -0.2) is 8.42 Å². The number of sulfonamides is 1. The summed E-state index contributed by atoms with van der Waals surface area (Å²) >= 11 is 0. The topological polar surface area (TPSA) is 171 Å². The van der Waals surface area contributed by atoms with Gasteiger partial charge >= 0.3 is 0 Å². The van der Waals surface area contributed by atoms with Crippen molar-refractivity contribution in [3.8, 4) is 28.6 Å². The number of rotatable bonds is 6. The van der Waals surface area contributed by atoms with Crippen LogP contribution >= 0.6 is 0 Å². The lowest BCUT2D eigenvalue weighted by Crippen LogP contribution is -2.36. The summed E-state index contributed by atoms with van der Waals surface area (Å²) in [4.78, 5) is 25.6. The van der Waals surface area contributed by atoms with Crippen molar-refractivity contribution in [2.24, 2.45) is 0 Å². The predicted octanol–water partition coefficient (Wildman–Crippen LogP) is 3.44. The van der Waals surface area contributed by atoms with Crippen molar-refractivity contribution in [2.45, 2.75) is 4.90 Å². The predicted molar refractivity (Wildman–Crippen MR) is 143 cm³/mol. The molecule has 0 atom stereocenters. The van der Waals surface area contributed by atoms with Gasteiger partial charge in [-0.3, -0.25) is 19.6 Å². The molecule has 2 N–H and O–H groups in total. The number of benzene rings is 3. The zero-order valence-corrected chi connectivity index (χ0v) is 21.5. The number of hydrogen-bond acceptors (Lipinski definition) is 11. The molecule has 2 aliphatic rings. The quantitative estimate of drug-likeness (QED) is 0.258. The van der Waals surface area contributed by atoms with Crippen LogP contribution in [0.5, 0.6) is 17.2 Å². The van der Waals surface area contributed by atoms with Crippen LogP contribution in [0.15, 0.2) is 68.7 Å². The molecule has 1 aromatic heterocycles. The molecule has 40 heavy (non-hydrogen) atoms. The molecule has 3 heterocycles. The van der Waals surface area contributed by atoms with Crippen molar-refractivity contribution in [1.29, 1.82) is 0 Å². The van der Waals surface area contributed by atoms with Crippen LogP contribution in [0.4, 0.5) is 17.1 Å². The Labute approximate surface area is 226 Å².